The van der Waals surface area contributed by atoms with Crippen molar-refractivity contribution in [2.24, 2.45) is 5.84 Å². The summed E-state index contributed by atoms with van der Waals surface area (Å²) in [5.41, 5.74) is 3.28. The zero-order chi connectivity index (χ0) is 13.8. The standard InChI is InChI=1S/C10H10ClN5O2S/c11-7-1-5(2-8(15-7)16-12)9(17)13-3-6-4-19-10(18)14-6/h1-2,4H,3,12H2,(H,13,17)(H,14,18)(H,15,16). The molecule has 19 heavy (non-hydrogen) atoms. The summed E-state index contributed by atoms with van der Waals surface area (Å²) in [6.45, 7) is 0.225. The number of nitrogen functional groups attached to an aromatic ring is 1. The van der Waals surface area contributed by atoms with E-state index in [2.05, 4.69) is 20.7 Å². The van der Waals surface area contributed by atoms with Gasteiger partial charge in [0.05, 0.1) is 6.54 Å². The number of hydrogen-bond donors (Lipinski definition) is 4. The van der Waals surface area contributed by atoms with E-state index >= 15 is 0 Å². The molecule has 0 aliphatic carbocycles. The highest BCUT2D eigenvalue weighted by Crippen LogP contribution is 2.13. The largest absolute Gasteiger partial charge is 0.346 e. The van der Waals surface area contributed by atoms with Crippen LogP contribution < -0.4 is 21.5 Å². The molecule has 2 heterocycles. The van der Waals surface area contributed by atoms with Crippen LogP contribution in [-0.2, 0) is 6.54 Å². The average molecular weight is 300 g/mol. The second-order valence-corrected chi connectivity index (χ2v) is 4.79. The maximum atomic E-state index is 11.9. The average Bonchev–Trinajstić information content (AvgIpc) is 2.81. The summed E-state index contributed by atoms with van der Waals surface area (Å²) in [6.07, 6.45) is 0. The van der Waals surface area contributed by atoms with Gasteiger partial charge < -0.3 is 15.7 Å². The van der Waals surface area contributed by atoms with Crippen LogP contribution in [0.3, 0.4) is 0 Å². The number of pyridine rings is 1. The van der Waals surface area contributed by atoms with Gasteiger partial charge in [-0.2, -0.15) is 0 Å². The van der Waals surface area contributed by atoms with E-state index in [4.69, 9.17) is 17.4 Å². The molecule has 2 aromatic heterocycles. The van der Waals surface area contributed by atoms with Crippen LogP contribution in [0.15, 0.2) is 22.3 Å². The molecule has 9 heteroatoms. The first-order chi connectivity index (χ1) is 9.08. The van der Waals surface area contributed by atoms with Gasteiger partial charge >= 0.3 is 4.87 Å². The van der Waals surface area contributed by atoms with Crippen molar-refractivity contribution in [1.29, 1.82) is 0 Å². The maximum Gasteiger partial charge on any atom is 0.304 e. The van der Waals surface area contributed by atoms with Crippen LogP contribution in [-0.4, -0.2) is 15.9 Å². The van der Waals surface area contributed by atoms with Crippen molar-refractivity contribution < 1.29 is 4.79 Å². The molecule has 0 saturated carbocycles. The van der Waals surface area contributed by atoms with E-state index in [1.807, 2.05) is 0 Å². The lowest BCUT2D eigenvalue weighted by molar-refractivity contribution is 0.0950. The lowest BCUT2D eigenvalue weighted by atomic mass is 10.2. The molecule has 0 spiro atoms. The summed E-state index contributed by atoms with van der Waals surface area (Å²) >= 11 is 6.80. The van der Waals surface area contributed by atoms with E-state index in [1.165, 1.54) is 12.1 Å². The molecule has 0 saturated heterocycles. The first-order valence-corrected chi connectivity index (χ1v) is 6.43. The molecular weight excluding hydrogens is 290 g/mol. The summed E-state index contributed by atoms with van der Waals surface area (Å²) in [4.78, 5) is 29.1. The van der Waals surface area contributed by atoms with Crippen LogP contribution in [0.2, 0.25) is 5.15 Å². The first-order valence-electron chi connectivity index (χ1n) is 5.17. The van der Waals surface area contributed by atoms with Crippen molar-refractivity contribution in [3.63, 3.8) is 0 Å². The molecule has 0 aliphatic heterocycles. The van der Waals surface area contributed by atoms with Crippen LogP contribution in [0.5, 0.6) is 0 Å². The molecular formula is C10H10ClN5O2S. The highest BCUT2D eigenvalue weighted by atomic mass is 35.5. The fourth-order valence-corrected chi connectivity index (χ4v) is 2.17. The van der Waals surface area contributed by atoms with Crippen LogP contribution in [0, 0.1) is 0 Å². The fraction of sp³-hybridized carbons (Fsp3) is 0.100. The minimum atomic E-state index is -0.340. The fourth-order valence-electron chi connectivity index (χ4n) is 1.38. The summed E-state index contributed by atoms with van der Waals surface area (Å²) in [5.74, 6) is 5.17. The number of carbonyl (C=O) groups is 1. The summed E-state index contributed by atoms with van der Waals surface area (Å²) < 4.78 is 0. The van der Waals surface area contributed by atoms with E-state index in [-0.39, 0.29) is 22.5 Å². The molecule has 2 aromatic rings. The van der Waals surface area contributed by atoms with Gasteiger partial charge in [-0.3, -0.25) is 9.59 Å². The van der Waals surface area contributed by atoms with Crippen molar-refractivity contribution in [1.82, 2.24) is 15.3 Å². The maximum absolute atomic E-state index is 11.9. The number of nitrogens with two attached hydrogens (primary N) is 1. The number of rotatable bonds is 4. The Morgan fingerprint density at radius 2 is 2.32 bits per heavy atom. The van der Waals surface area contributed by atoms with Gasteiger partial charge in [0, 0.05) is 16.6 Å². The van der Waals surface area contributed by atoms with Crippen molar-refractivity contribution in [3.8, 4) is 0 Å². The Bertz CT molecular complexity index is 653. The smallest absolute Gasteiger partial charge is 0.304 e. The van der Waals surface area contributed by atoms with Crippen molar-refractivity contribution in [3.05, 3.63) is 43.6 Å². The third kappa shape index (κ3) is 3.53. The molecule has 0 radical (unpaired) electrons. The number of aromatic nitrogens is 2. The Morgan fingerprint density at radius 1 is 1.53 bits per heavy atom. The van der Waals surface area contributed by atoms with Crippen molar-refractivity contribution in [2.75, 3.05) is 5.43 Å². The van der Waals surface area contributed by atoms with Crippen LogP contribution >= 0.6 is 22.9 Å². The van der Waals surface area contributed by atoms with Gasteiger partial charge in [-0.1, -0.05) is 22.9 Å². The minimum Gasteiger partial charge on any atom is -0.346 e. The predicted octanol–water partition coefficient (Wildman–Crippen LogP) is 0.700. The van der Waals surface area contributed by atoms with Crippen molar-refractivity contribution >= 4 is 34.7 Å². The van der Waals surface area contributed by atoms with E-state index in [9.17, 15) is 9.59 Å². The topological polar surface area (TPSA) is 113 Å². The second kappa shape index (κ2) is 5.83. The number of hydrogen-bond acceptors (Lipinski definition) is 6. The van der Waals surface area contributed by atoms with Crippen LogP contribution in [0.4, 0.5) is 5.82 Å². The normalized spacial score (nSPS) is 10.2. The zero-order valence-corrected chi connectivity index (χ0v) is 11.1. The molecule has 5 N–H and O–H groups in total. The number of nitrogens with one attached hydrogen (secondary N) is 3. The number of nitrogens with zero attached hydrogens (tertiary/aromatic N) is 1. The lowest BCUT2D eigenvalue weighted by Crippen LogP contribution is -2.23. The molecule has 0 aromatic carbocycles. The Labute approximate surface area is 116 Å². The van der Waals surface area contributed by atoms with Gasteiger partial charge in [0.2, 0.25) is 0 Å². The summed E-state index contributed by atoms with van der Waals surface area (Å²) in [7, 11) is 0. The number of hydrazine groups is 1. The number of halogens is 1. The monoisotopic (exact) mass is 299 g/mol. The molecule has 0 aliphatic rings. The Balaban J connectivity index is 2.07. The van der Waals surface area contributed by atoms with Gasteiger partial charge in [-0.25, -0.2) is 10.8 Å². The number of carbonyl (C=O) groups excluding carboxylic acids is 1. The SMILES string of the molecule is NNc1cc(C(=O)NCc2csc(=O)[nH]2)cc(Cl)n1. The summed E-state index contributed by atoms with van der Waals surface area (Å²) in [6, 6.07) is 2.89. The Hall–Kier alpha value is -1.90. The minimum absolute atomic E-state index is 0.157. The molecule has 2 rings (SSSR count). The number of thiazole rings is 1. The van der Waals surface area contributed by atoms with Gasteiger partial charge in [0.25, 0.3) is 5.91 Å². The van der Waals surface area contributed by atoms with Crippen LogP contribution in [0.25, 0.3) is 0 Å². The Morgan fingerprint density at radius 3 is 2.95 bits per heavy atom. The van der Waals surface area contributed by atoms with Gasteiger partial charge in [-0.15, -0.1) is 0 Å². The number of H-pyrrole nitrogens is 1. The summed E-state index contributed by atoms with van der Waals surface area (Å²) in [5, 5.41) is 4.45. The van der Waals surface area contributed by atoms with E-state index in [0.29, 0.717) is 17.1 Å². The zero-order valence-electron chi connectivity index (χ0n) is 9.57. The third-order valence-electron chi connectivity index (χ3n) is 2.21. The highest BCUT2D eigenvalue weighted by molar-refractivity contribution is 7.07. The van der Waals surface area contributed by atoms with E-state index < -0.39 is 0 Å². The quantitative estimate of drug-likeness (QED) is 0.377. The van der Waals surface area contributed by atoms with Gasteiger partial charge in [-0.05, 0) is 12.1 Å². The molecule has 100 valence electrons. The van der Waals surface area contributed by atoms with Crippen molar-refractivity contribution in [2.45, 2.75) is 6.54 Å². The number of aromatic amines is 1. The second-order valence-electron chi connectivity index (χ2n) is 3.56. The lowest BCUT2D eigenvalue weighted by Gasteiger charge is -2.06. The highest BCUT2D eigenvalue weighted by Gasteiger charge is 2.09. The molecule has 0 bridgehead atoms. The predicted molar refractivity (Wildman–Crippen MR) is 73.2 cm³/mol. The third-order valence-corrected chi connectivity index (χ3v) is 3.13. The molecule has 0 atom stereocenters. The van der Waals surface area contributed by atoms with Crippen LogP contribution in [0.1, 0.15) is 16.1 Å². The molecule has 7 nitrogen and oxygen atoms in total. The Kier molecular flexibility index (Phi) is 4.15. The first kappa shape index (κ1) is 13.5. The van der Waals surface area contributed by atoms with E-state index in [0.717, 1.165) is 11.3 Å². The number of amides is 1. The molecule has 0 fully saturated rings. The molecule has 0 unspecified atom stereocenters. The molecule has 1 amide bonds. The van der Waals surface area contributed by atoms with Gasteiger partial charge in [0.15, 0.2) is 0 Å². The van der Waals surface area contributed by atoms with Gasteiger partial charge in [0.1, 0.15) is 11.0 Å². The van der Waals surface area contributed by atoms with E-state index in [1.54, 1.807) is 5.38 Å². The number of anilines is 1.